The summed E-state index contributed by atoms with van der Waals surface area (Å²) in [5, 5.41) is 0. The molecule has 0 spiro atoms. The van der Waals surface area contributed by atoms with Crippen molar-refractivity contribution in [2.45, 2.75) is 70.3 Å². The zero-order chi connectivity index (χ0) is 20.3. The SMILES string of the molecule is CO[N+](=O)c1cc2c(cc1OC1[C@H]3CCCN3C(=O)OC1(C)C)OC(C)(C)C2. The normalized spacial score (nSPS) is 26.8. The maximum Gasteiger partial charge on any atom is 0.410 e. The van der Waals surface area contributed by atoms with Crippen LogP contribution in [0.15, 0.2) is 12.1 Å². The third kappa shape index (κ3) is 3.04. The monoisotopic (exact) mass is 391 g/mol. The van der Waals surface area contributed by atoms with Crippen molar-refractivity contribution in [1.82, 2.24) is 4.90 Å². The Balaban J connectivity index is 1.72. The number of fused-ring (bicyclic) bond motifs is 2. The third-order valence-electron chi connectivity index (χ3n) is 5.68. The molecule has 2 atom stereocenters. The molecular formula is C20H27N2O6+. The number of ether oxygens (including phenoxy) is 3. The van der Waals surface area contributed by atoms with Crippen molar-refractivity contribution in [2.75, 3.05) is 13.7 Å². The van der Waals surface area contributed by atoms with E-state index in [2.05, 4.69) is 0 Å². The average Bonchev–Trinajstić information content (AvgIpc) is 3.19. The Bertz CT molecular complexity index is 834. The molecule has 3 heterocycles. The summed E-state index contributed by atoms with van der Waals surface area (Å²) in [4.78, 5) is 31.7. The smallest absolute Gasteiger partial charge is 0.410 e. The molecule has 8 heteroatoms. The lowest BCUT2D eigenvalue weighted by molar-refractivity contribution is -0.737. The molecular weight excluding hydrogens is 364 g/mol. The maximum atomic E-state index is 12.4. The molecule has 0 radical (unpaired) electrons. The standard InChI is InChI=1S/C20H27N2O6/c1-19(2)11-12-9-14(22(24)25-5)16(10-15(12)27-19)26-17-13-7-6-8-21(13)18(23)28-20(17,3)4/h9-10,13,17H,6-8,11H2,1-5H3/q+1/t13-,17?/m1/s1. The van der Waals surface area contributed by atoms with Crippen LogP contribution in [0.3, 0.4) is 0 Å². The van der Waals surface area contributed by atoms with Gasteiger partial charge in [-0.25, -0.2) is 9.63 Å². The molecule has 4 rings (SSSR count). The van der Waals surface area contributed by atoms with E-state index in [4.69, 9.17) is 19.0 Å². The Hall–Kier alpha value is -2.51. The molecule has 1 unspecified atom stereocenters. The molecule has 0 N–H and O–H groups in total. The van der Waals surface area contributed by atoms with Crippen molar-refractivity contribution in [3.63, 3.8) is 0 Å². The van der Waals surface area contributed by atoms with Crippen LogP contribution in [0.25, 0.3) is 0 Å². The van der Waals surface area contributed by atoms with Gasteiger partial charge in [0, 0.05) is 30.7 Å². The summed E-state index contributed by atoms with van der Waals surface area (Å²) in [6, 6.07) is 3.40. The Morgan fingerprint density at radius 1 is 1.21 bits per heavy atom. The van der Waals surface area contributed by atoms with Crippen LogP contribution in [-0.2, 0) is 16.0 Å². The number of cyclic esters (lactones) is 1. The first kappa shape index (κ1) is 18.8. The van der Waals surface area contributed by atoms with Gasteiger partial charge in [0.25, 0.3) is 4.92 Å². The fourth-order valence-corrected chi connectivity index (χ4v) is 4.45. The van der Waals surface area contributed by atoms with E-state index >= 15 is 0 Å². The van der Waals surface area contributed by atoms with Crippen LogP contribution in [0.2, 0.25) is 0 Å². The highest BCUT2D eigenvalue weighted by Gasteiger charge is 2.52. The predicted molar refractivity (Wildman–Crippen MR) is 99.9 cm³/mol. The van der Waals surface area contributed by atoms with E-state index in [1.807, 2.05) is 27.7 Å². The van der Waals surface area contributed by atoms with Crippen molar-refractivity contribution >= 4 is 11.8 Å². The number of nitrogens with zero attached hydrogens (tertiary/aromatic N) is 2. The zero-order valence-electron chi connectivity index (χ0n) is 17.0. The number of hydrogen-bond acceptors (Lipinski definition) is 6. The largest absolute Gasteiger partial charge is 0.487 e. The van der Waals surface area contributed by atoms with Crippen LogP contribution >= 0.6 is 0 Å². The van der Waals surface area contributed by atoms with Crippen molar-refractivity contribution in [3.05, 3.63) is 22.6 Å². The predicted octanol–water partition coefficient (Wildman–Crippen LogP) is 3.51. The van der Waals surface area contributed by atoms with E-state index in [1.165, 1.54) is 7.11 Å². The first-order valence-electron chi connectivity index (χ1n) is 9.65. The first-order chi connectivity index (χ1) is 13.1. The van der Waals surface area contributed by atoms with E-state index in [-0.39, 0.29) is 23.4 Å². The fourth-order valence-electron chi connectivity index (χ4n) is 4.45. The van der Waals surface area contributed by atoms with Gasteiger partial charge in [0.05, 0.1) is 10.9 Å². The van der Waals surface area contributed by atoms with Gasteiger partial charge in [0.15, 0.2) is 13.2 Å². The first-order valence-corrected chi connectivity index (χ1v) is 9.65. The minimum absolute atomic E-state index is 0.0997. The molecule has 8 nitrogen and oxygen atoms in total. The molecule has 152 valence electrons. The highest BCUT2D eigenvalue weighted by Crippen LogP contribution is 2.44. The van der Waals surface area contributed by atoms with Crippen LogP contribution in [0.5, 0.6) is 11.5 Å². The number of carbonyl (C=O) groups excluding carboxylic acids is 1. The molecule has 0 aromatic heterocycles. The quantitative estimate of drug-likeness (QED) is 0.731. The van der Waals surface area contributed by atoms with Crippen molar-refractivity contribution in [2.24, 2.45) is 0 Å². The van der Waals surface area contributed by atoms with Crippen LogP contribution in [0, 0.1) is 4.91 Å². The summed E-state index contributed by atoms with van der Waals surface area (Å²) in [5.41, 5.74) is 0.0302. The summed E-state index contributed by atoms with van der Waals surface area (Å²) in [6.07, 6.45) is 1.68. The second kappa shape index (κ2) is 6.25. The van der Waals surface area contributed by atoms with Crippen LogP contribution < -0.4 is 9.47 Å². The van der Waals surface area contributed by atoms with Gasteiger partial charge in [0.2, 0.25) is 5.75 Å². The lowest BCUT2D eigenvalue weighted by atomic mass is 9.91. The summed E-state index contributed by atoms with van der Waals surface area (Å²) < 4.78 is 18.0. The van der Waals surface area contributed by atoms with Gasteiger partial charge in [-0.3, -0.25) is 0 Å². The number of carbonyl (C=O) groups is 1. The topological polar surface area (TPSA) is 77.3 Å². The number of hydrogen-bond donors (Lipinski definition) is 0. The van der Waals surface area contributed by atoms with E-state index in [0.29, 0.717) is 29.4 Å². The molecule has 0 saturated carbocycles. The highest BCUT2D eigenvalue weighted by molar-refractivity contribution is 5.70. The molecule has 3 aliphatic heterocycles. The second-order valence-corrected chi connectivity index (χ2v) is 8.82. The van der Waals surface area contributed by atoms with Crippen molar-refractivity contribution in [1.29, 1.82) is 0 Å². The molecule has 3 aliphatic rings. The van der Waals surface area contributed by atoms with Crippen LogP contribution in [0.4, 0.5) is 10.5 Å². The minimum atomic E-state index is -0.834. The lowest BCUT2D eigenvalue weighted by Crippen LogP contribution is -2.62. The van der Waals surface area contributed by atoms with Crippen molar-refractivity contribution in [3.8, 4) is 11.5 Å². The second-order valence-electron chi connectivity index (χ2n) is 8.82. The van der Waals surface area contributed by atoms with Gasteiger partial charge >= 0.3 is 11.8 Å². The van der Waals surface area contributed by atoms with E-state index < -0.39 is 11.7 Å². The Labute approximate surface area is 164 Å². The molecule has 0 bridgehead atoms. The van der Waals surface area contributed by atoms with Gasteiger partial charge in [-0.2, -0.15) is 0 Å². The van der Waals surface area contributed by atoms with Crippen LogP contribution in [0.1, 0.15) is 46.1 Å². The third-order valence-corrected chi connectivity index (χ3v) is 5.68. The average molecular weight is 391 g/mol. The Morgan fingerprint density at radius 2 is 1.96 bits per heavy atom. The van der Waals surface area contributed by atoms with Crippen LogP contribution in [-0.4, -0.2) is 52.9 Å². The fraction of sp³-hybridized carbons (Fsp3) is 0.650. The van der Waals surface area contributed by atoms with Gasteiger partial charge < -0.3 is 19.1 Å². The number of benzene rings is 1. The molecule has 1 aromatic rings. The van der Waals surface area contributed by atoms with Gasteiger partial charge in [-0.15, -0.1) is 0 Å². The maximum absolute atomic E-state index is 12.4. The molecule has 2 fully saturated rings. The number of amides is 1. The van der Waals surface area contributed by atoms with Crippen molar-refractivity contribution < 1.29 is 28.8 Å². The summed E-state index contributed by atoms with van der Waals surface area (Å²) in [7, 11) is 1.31. The summed E-state index contributed by atoms with van der Waals surface area (Å²) in [6.45, 7) is 8.32. The summed E-state index contributed by atoms with van der Waals surface area (Å²) in [5.74, 6) is 1.05. The summed E-state index contributed by atoms with van der Waals surface area (Å²) >= 11 is 0. The molecule has 1 aromatic carbocycles. The highest BCUT2D eigenvalue weighted by atomic mass is 16.8. The molecule has 1 amide bonds. The Kier molecular flexibility index (Phi) is 4.21. The molecule has 0 aliphatic carbocycles. The van der Waals surface area contributed by atoms with E-state index in [9.17, 15) is 9.70 Å². The lowest BCUT2D eigenvalue weighted by Gasteiger charge is -2.45. The van der Waals surface area contributed by atoms with Gasteiger partial charge in [-0.1, -0.05) is 0 Å². The minimum Gasteiger partial charge on any atom is -0.487 e. The van der Waals surface area contributed by atoms with Gasteiger partial charge in [-0.05, 0) is 40.5 Å². The van der Waals surface area contributed by atoms with E-state index in [0.717, 1.165) is 18.4 Å². The van der Waals surface area contributed by atoms with Gasteiger partial charge in [0.1, 0.15) is 17.0 Å². The molecule has 2 saturated heterocycles. The zero-order valence-corrected chi connectivity index (χ0v) is 17.0. The number of rotatable bonds is 4. The van der Waals surface area contributed by atoms with E-state index in [1.54, 1.807) is 17.0 Å². The Morgan fingerprint density at radius 3 is 2.68 bits per heavy atom. The molecule has 28 heavy (non-hydrogen) atoms.